The maximum absolute atomic E-state index is 12.5. The molecule has 1 saturated heterocycles. The molecule has 2 N–H and O–H groups in total. The fourth-order valence-corrected chi connectivity index (χ4v) is 3.06. The number of ether oxygens (including phenoxy) is 1. The Morgan fingerprint density at radius 3 is 2.83 bits per heavy atom. The Bertz CT molecular complexity index is 928. The molecule has 3 rings (SSSR count). The van der Waals surface area contributed by atoms with E-state index in [4.69, 9.17) is 17.0 Å². The first kappa shape index (κ1) is 21.5. The summed E-state index contributed by atoms with van der Waals surface area (Å²) in [4.78, 5) is 26.8. The highest BCUT2D eigenvalue weighted by atomic mass is 32.1. The van der Waals surface area contributed by atoms with Crippen molar-refractivity contribution >= 4 is 40.6 Å². The highest BCUT2D eigenvalue weighted by Crippen LogP contribution is 2.29. The summed E-state index contributed by atoms with van der Waals surface area (Å²) in [5.41, 5.74) is 0.417. The van der Waals surface area contributed by atoms with E-state index in [-0.39, 0.29) is 22.3 Å². The van der Waals surface area contributed by atoms with Crippen LogP contribution in [0.15, 0.2) is 18.2 Å². The molecule has 0 aliphatic carbocycles. The lowest BCUT2D eigenvalue weighted by atomic mass is 10.1. The number of benzene rings is 1. The summed E-state index contributed by atoms with van der Waals surface area (Å²) < 4.78 is 5.28. The number of amides is 1. The predicted octanol–water partition coefficient (Wildman–Crippen LogP) is 1.34. The van der Waals surface area contributed by atoms with Crippen molar-refractivity contribution in [2.24, 2.45) is 0 Å². The quantitative estimate of drug-likeness (QED) is 0.373. The third kappa shape index (κ3) is 5.45. The van der Waals surface area contributed by atoms with Crippen molar-refractivity contribution in [3.05, 3.63) is 33.9 Å². The second-order valence-corrected chi connectivity index (χ2v) is 6.94. The summed E-state index contributed by atoms with van der Waals surface area (Å²) in [6.45, 7) is 4.77. The molecule has 1 aliphatic rings. The minimum absolute atomic E-state index is 0.0325. The van der Waals surface area contributed by atoms with Gasteiger partial charge in [-0.15, -0.1) is 5.10 Å². The largest absolute Gasteiger partial charge is 0.378 e. The van der Waals surface area contributed by atoms with Gasteiger partial charge < -0.3 is 9.64 Å². The number of unbranched alkanes of at least 4 members (excludes halogenated alkanes) is 1. The molecule has 2 aromatic rings. The Morgan fingerprint density at radius 1 is 1.37 bits per heavy atom. The number of aromatic nitrogens is 4. The van der Waals surface area contributed by atoms with Crippen LogP contribution in [0, 0.1) is 10.1 Å². The normalized spacial score (nSPS) is 13.7. The third-order valence-electron chi connectivity index (χ3n) is 4.40. The monoisotopic (exact) mass is 434 g/mol. The van der Waals surface area contributed by atoms with Crippen LogP contribution in [0.1, 0.15) is 30.1 Å². The first-order valence-electron chi connectivity index (χ1n) is 9.49. The molecule has 160 valence electrons. The number of morpholine rings is 1. The molecular weight excluding hydrogens is 412 g/mol. The lowest BCUT2D eigenvalue weighted by molar-refractivity contribution is -0.384. The molecule has 2 heterocycles. The average molecular weight is 434 g/mol. The van der Waals surface area contributed by atoms with Crippen LogP contribution in [0.4, 0.5) is 17.3 Å². The van der Waals surface area contributed by atoms with Crippen molar-refractivity contribution in [1.82, 2.24) is 25.5 Å². The molecule has 1 fully saturated rings. The third-order valence-corrected chi connectivity index (χ3v) is 4.61. The van der Waals surface area contributed by atoms with E-state index in [1.165, 1.54) is 16.9 Å². The van der Waals surface area contributed by atoms with Crippen LogP contribution in [0.2, 0.25) is 0 Å². The highest BCUT2D eigenvalue weighted by Gasteiger charge is 2.23. The first-order chi connectivity index (χ1) is 14.5. The number of rotatable bonds is 7. The van der Waals surface area contributed by atoms with E-state index in [1.54, 1.807) is 6.07 Å². The molecule has 0 unspecified atom stereocenters. The molecule has 1 aromatic heterocycles. The Balaban J connectivity index is 1.65. The Hall–Kier alpha value is -3.19. The zero-order valence-corrected chi connectivity index (χ0v) is 17.2. The van der Waals surface area contributed by atoms with E-state index in [0.29, 0.717) is 38.5 Å². The van der Waals surface area contributed by atoms with E-state index in [2.05, 4.69) is 33.0 Å². The molecule has 0 bridgehead atoms. The summed E-state index contributed by atoms with van der Waals surface area (Å²) >= 11 is 5.11. The molecule has 0 atom stereocenters. The molecule has 0 saturated carbocycles. The zero-order valence-electron chi connectivity index (χ0n) is 16.4. The molecule has 13 heteroatoms. The molecule has 30 heavy (non-hydrogen) atoms. The van der Waals surface area contributed by atoms with Crippen LogP contribution < -0.4 is 15.5 Å². The number of carbonyl (C=O) groups is 1. The number of hydrogen-bond donors (Lipinski definition) is 2. The van der Waals surface area contributed by atoms with Gasteiger partial charge in [0, 0.05) is 24.7 Å². The summed E-state index contributed by atoms with van der Waals surface area (Å²) in [6.07, 6.45) is 1.91. The number of nitro benzene ring substituents is 1. The molecule has 0 radical (unpaired) electrons. The standard InChI is InChI=1S/C17H22N8O4S/c1-2-3-6-24-21-16(20-22-24)19-17(30)18-15(26)12-4-5-13(14(11-12)25(27)28)23-7-9-29-10-8-23/h4-5,11H,2-3,6-10H2,1H3,(H2,18,19,21,26,30). The zero-order chi connectivity index (χ0) is 21.5. The molecule has 12 nitrogen and oxygen atoms in total. The lowest BCUT2D eigenvalue weighted by Gasteiger charge is -2.28. The van der Waals surface area contributed by atoms with Crippen LogP contribution >= 0.6 is 12.2 Å². The number of tetrazole rings is 1. The minimum atomic E-state index is -0.581. The Kier molecular flexibility index (Phi) is 7.19. The van der Waals surface area contributed by atoms with Gasteiger partial charge in [0.2, 0.25) is 0 Å². The second-order valence-electron chi connectivity index (χ2n) is 6.53. The van der Waals surface area contributed by atoms with Crippen LogP contribution in [0.5, 0.6) is 0 Å². The number of thiocarbonyl (C=S) groups is 1. The number of anilines is 2. The molecule has 1 aliphatic heterocycles. The summed E-state index contributed by atoms with van der Waals surface area (Å²) in [6, 6.07) is 4.33. The van der Waals surface area contributed by atoms with Gasteiger partial charge in [-0.05, 0) is 36.0 Å². The summed E-state index contributed by atoms with van der Waals surface area (Å²) in [7, 11) is 0. The van der Waals surface area contributed by atoms with E-state index in [1.807, 2.05) is 4.90 Å². The van der Waals surface area contributed by atoms with Crippen LogP contribution in [0.25, 0.3) is 0 Å². The van der Waals surface area contributed by atoms with Gasteiger partial charge in [0.05, 0.1) is 24.7 Å². The Labute approximate surface area is 177 Å². The fraction of sp³-hybridized carbons (Fsp3) is 0.471. The minimum Gasteiger partial charge on any atom is -0.378 e. The number of nitrogens with zero attached hydrogens (tertiary/aromatic N) is 6. The van der Waals surface area contributed by atoms with Crippen molar-refractivity contribution in [2.75, 3.05) is 36.5 Å². The molecule has 1 amide bonds. The van der Waals surface area contributed by atoms with Gasteiger partial charge in [0.15, 0.2) is 5.11 Å². The Morgan fingerprint density at radius 2 is 2.13 bits per heavy atom. The lowest BCUT2D eigenvalue weighted by Crippen LogP contribution is -2.37. The van der Waals surface area contributed by atoms with E-state index < -0.39 is 10.8 Å². The van der Waals surface area contributed by atoms with Crippen molar-refractivity contribution in [2.45, 2.75) is 26.3 Å². The fourth-order valence-electron chi connectivity index (χ4n) is 2.88. The smallest absolute Gasteiger partial charge is 0.293 e. The van der Waals surface area contributed by atoms with E-state index in [9.17, 15) is 14.9 Å². The van der Waals surface area contributed by atoms with Crippen LogP contribution in [-0.4, -0.2) is 62.5 Å². The van der Waals surface area contributed by atoms with Crippen LogP contribution in [-0.2, 0) is 11.3 Å². The summed E-state index contributed by atoms with van der Waals surface area (Å²) in [5.74, 6) is -0.424. The number of hydrogen-bond acceptors (Lipinski definition) is 9. The number of aryl methyl sites for hydroxylation is 1. The first-order valence-corrected chi connectivity index (χ1v) is 9.90. The van der Waals surface area contributed by atoms with Crippen molar-refractivity contribution in [3.8, 4) is 0 Å². The van der Waals surface area contributed by atoms with E-state index in [0.717, 1.165) is 12.8 Å². The van der Waals surface area contributed by atoms with Gasteiger partial charge in [-0.25, -0.2) is 0 Å². The predicted molar refractivity (Wildman–Crippen MR) is 113 cm³/mol. The van der Waals surface area contributed by atoms with Crippen molar-refractivity contribution in [1.29, 1.82) is 0 Å². The topological polar surface area (TPSA) is 140 Å². The van der Waals surface area contributed by atoms with Gasteiger partial charge in [0.1, 0.15) is 5.69 Å². The number of nitro groups is 1. The second kappa shape index (κ2) is 10.0. The van der Waals surface area contributed by atoms with E-state index >= 15 is 0 Å². The summed E-state index contributed by atoms with van der Waals surface area (Å²) in [5, 5.41) is 28.5. The number of nitrogens with one attached hydrogen (secondary N) is 2. The van der Waals surface area contributed by atoms with Gasteiger partial charge in [-0.2, -0.15) is 4.80 Å². The van der Waals surface area contributed by atoms with Crippen molar-refractivity contribution < 1.29 is 14.5 Å². The van der Waals surface area contributed by atoms with Gasteiger partial charge in [-0.1, -0.05) is 18.4 Å². The highest BCUT2D eigenvalue weighted by molar-refractivity contribution is 7.80. The molecular formula is C17H22N8O4S. The van der Waals surface area contributed by atoms with Gasteiger partial charge >= 0.3 is 0 Å². The van der Waals surface area contributed by atoms with Crippen LogP contribution in [0.3, 0.4) is 0 Å². The maximum Gasteiger partial charge on any atom is 0.293 e. The van der Waals surface area contributed by atoms with Crippen molar-refractivity contribution in [3.63, 3.8) is 0 Å². The molecule has 1 aromatic carbocycles. The number of carbonyl (C=O) groups excluding carboxylic acids is 1. The maximum atomic E-state index is 12.5. The molecule has 0 spiro atoms. The SMILES string of the molecule is CCCCn1nnc(NC(=S)NC(=O)c2ccc(N3CCOCC3)c([N+](=O)[O-])c2)n1. The van der Waals surface area contributed by atoms with Gasteiger partial charge in [0.25, 0.3) is 17.5 Å². The van der Waals surface area contributed by atoms with Gasteiger partial charge in [-0.3, -0.25) is 25.5 Å². The average Bonchev–Trinajstić information content (AvgIpc) is 3.19.